The average Bonchev–Trinajstić information content (AvgIpc) is 2.75. The molecule has 1 amide bonds. The molecule has 1 rings (SSSR count). The van der Waals surface area contributed by atoms with Crippen LogP contribution in [0.25, 0.3) is 0 Å². The number of hydrogen-bond donors (Lipinski definition) is 3. The van der Waals surface area contributed by atoms with Crippen LogP contribution < -0.4 is 5.32 Å². The third-order valence-corrected chi connectivity index (χ3v) is 2.29. The summed E-state index contributed by atoms with van der Waals surface area (Å²) in [7, 11) is 0. The van der Waals surface area contributed by atoms with Crippen LogP contribution in [0.1, 0.15) is 42.8 Å². The van der Waals surface area contributed by atoms with Gasteiger partial charge in [-0.1, -0.05) is 13.8 Å². The molecule has 0 aliphatic carbocycles. The lowest BCUT2D eigenvalue weighted by molar-refractivity contribution is -0.174. The van der Waals surface area contributed by atoms with Crippen LogP contribution in [0.4, 0.5) is 13.2 Å². The third kappa shape index (κ3) is 4.21. The number of H-pyrrole nitrogens is 1. The van der Waals surface area contributed by atoms with Crippen molar-refractivity contribution in [3.63, 3.8) is 0 Å². The number of halogens is 3. The van der Waals surface area contributed by atoms with Gasteiger partial charge in [0.25, 0.3) is 5.82 Å². The summed E-state index contributed by atoms with van der Waals surface area (Å²) in [4.78, 5) is 25.1. The highest BCUT2D eigenvalue weighted by Crippen LogP contribution is 2.22. The zero-order chi connectivity index (χ0) is 15.5. The summed E-state index contributed by atoms with van der Waals surface area (Å²) in [6, 6.07) is -1.09. The van der Waals surface area contributed by atoms with Gasteiger partial charge in [-0.25, -0.2) is 9.78 Å². The molecule has 0 aliphatic heterocycles. The van der Waals surface area contributed by atoms with Crippen LogP contribution in [-0.2, 0) is 4.79 Å². The molecule has 0 aliphatic rings. The SMILES string of the molecule is CC(C)CC(NC(=O)C(F)(F)F)c1nc(C(=O)O)n[nH]1. The van der Waals surface area contributed by atoms with E-state index in [4.69, 9.17) is 5.11 Å². The third-order valence-electron chi connectivity index (χ3n) is 2.29. The number of carboxylic acid groups (broad SMARTS) is 1. The normalized spacial score (nSPS) is 13.3. The fraction of sp³-hybridized carbons (Fsp3) is 0.600. The highest BCUT2D eigenvalue weighted by molar-refractivity contribution is 5.83. The van der Waals surface area contributed by atoms with Gasteiger partial charge < -0.3 is 10.4 Å². The van der Waals surface area contributed by atoms with Crippen LogP contribution in [0, 0.1) is 5.92 Å². The standard InChI is InChI=1S/C10H13F3N4O3/c1-4(2)3-5(14-9(20)10(11,12)13)6-15-7(8(18)19)17-16-6/h4-5H,3H2,1-2H3,(H,14,20)(H,18,19)(H,15,16,17). The molecule has 10 heteroatoms. The maximum Gasteiger partial charge on any atom is 0.471 e. The lowest BCUT2D eigenvalue weighted by atomic mass is 10.0. The summed E-state index contributed by atoms with van der Waals surface area (Å²) in [6.07, 6.45) is -4.87. The van der Waals surface area contributed by atoms with Crippen LogP contribution >= 0.6 is 0 Å². The zero-order valence-corrected chi connectivity index (χ0v) is 10.7. The van der Waals surface area contributed by atoms with E-state index >= 15 is 0 Å². The number of nitrogens with one attached hydrogen (secondary N) is 2. The van der Waals surface area contributed by atoms with E-state index in [-0.39, 0.29) is 18.2 Å². The molecule has 7 nitrogen and oxygen atoms in total. The van der Waals surface area contributed by atoms with E-state index in [1.165, 1.54) is 0 Å². The van der Waals surface area contributed by atoms with Crippen molar-refractivity contribution in [3.05, 3.63) is 11.6 Å². The first-order valence-corrected chi connectivity index (χ1v) is 5.64. The predicted molar refractivity (Wildman–Crippen MR) is 59.7 cm³/mol. The Hall–Kier alpha value is -2.13. The number of hydrogen-bond acceptors (Lipinski definition) is 4. The molecule has 1 atom stereocenters. The highest BCUT2D eigenvalue weighted by Gasteiger charge is 2.40. The maximum atomic E-state index is 12.2. The van der Waals surface area contributed by atoms with E-state index < -0.39 is 29.9 Å². The Morgan fingerprint density at radius 2 is 2.00 bits per heavy atom. The first kappa shape index (κ1) is 15.9. The van der Waals surface area contributed by atoms with Crippen molar-refractivity contribution in [2.24, 2.45) is 5.92 Å². The minimum atomic E-state index is -5.02. The van der Waals surface area contributed by atoms with Gasteiger partial charge in [-0.2, -0.15) is 13.2 Å². The van der Waals surface area contributed by atoms with Crippen molar-refractivity contribution < 1.29 is 27.9 Å². The summed E-state index contributed by atoms with van der Waals surface area (Å²) in [5.41, 5.74) is 0. The number of aromatic amines is 1. The molecule has 0 spiro atoms. The van der Waals surface area contributed by atoms with E-state index in [1.807, 2.05) is 0 Å². The van der Waals surface area contributed by atoms with E-state index in [9.17, 15) is 22.8 Å². The summed E-state index contributed by atoms with van der Waals surface area (Å²) in [5, 5.41) is 16.0. The Labute approximate surface area is 111 Å². The van der Waals surface area contributed by atoms with Crippen LogP contribution in [-0.4, -0.2) is 38.3 Å². The number of rotatable bonds is 5. The molecule has 3 N–H and O–H groups in total. The van der Waals surface area contributed by atoms with Gasteiger partial charge >= 0.3 is 18.1 Å². The van der Waals surface area contributed by atoms with Gasteiger partial charge in [-0.15, -0.1) is 5.10 Å². The summed E-state index contributed by atoms with van der Waals surface area (Å²) in [6.45, 7) is 3.47. The number of carbonyl (C=O) groups excluding carboxylic acids is 1. The Kier molecular flexibility index (Phi) is 4.69. The van der Waals surface area contributed by atoms with Gasteiger partial charge in [0.1, 0.15) is 5.82 Å². The molecule has 1 heterocycles. The van der Waals surface area contributed by atoms with Crippen molar-refractivity contribution in [2.45, 2.75) is 32.5 Å². The van der Waals surface area contributed by atoms with E-state index in [0.717, 1.165) is 0 Å². The molecule has 112 valence electrons. The van der Waals surface area contributed by atoms with E-state index in [1.54, 1.807) is 19.2 Å². The highest BCUT2D eigenvalue weighted by atomic mass is 19.4. The fourth-order valence-electron chi connectivity index (χ4n) is 1.48. The van der Waals surface area contributed by atoms with E-state index in [0.29, 0.717) is 0 Å². The van der Waals surface area contributed by atoms with Crippen molar-refractivity contribution >= 4 is 11.9 Å². The Bertz CT molecular complexity index is 498. The van der Waals surface area contributed by atoms with Gasteiger partial charge in [0.2, 0.25) is 0 Å². The molecule has 0 aromatic carbocycles. The number of alkyl halides is 3. The second kappa shape index (κ2) is 5.88. The van der Waals surface area contributed by atoms with E-state index in [2.05, 4.69) is 15.2 Å². The number of aromatic nitrogens is 3. The second-order valence-electron chi connectivity index (χ2n) is 4.50. The van der Waals surface area contributed by atoms with Crippen LogP contribution in [0.15, 0.2) is 0 Å². The molecule has 0 fully saturated rings. The first-order chi connectivity index (χ1) is 9.11. The van der Waals surface area contributed by atoms with Crippen molar-refractivity contribution in [2.75, 3.05) is 0 Å². The van der Waals surface area contributed by atoms with Gasteiger partial charge in [0.15, 0.2) is 0 Å². The van der Waals surface area contributed by atoms with Gasteiger partial charge in [0, 0.05) is 0 Å². The minimum Gasteiger partial charge on any atom is -0.475 e. The van der Waals surface area contributed by atoms with Crippen LogP contribution in [0.3, 0.4) is 0 Å². The molecule has 0 saturated carbocycles. The number of aromatic carboxylic acids is 1. The molecule has 1 aromatic rings. The topological polar surface area (TPSA) is 108 Å². The summed E-state index contributed by atoms with van der Waals surface area (Å²) < 4.78 is 36.7. The van der Waals surface area contributed by atoms with Crippen molar-refractivity contribution in [1.29, 1.82) is 0 Å². The number of carbonyl (C=O) groups is 2. The second-order valence-corrected chi connectivity index (χ2v) is 4.50. The lowest BCUT2D eigenvalue weighted by Gasteiger charge is -2.19. The largest absolute Gasteiger partial charge is 0.475 e. The number of nitrogens with zero attached hydrogens (tertiary/aromatic N) is 2. The van der Waals surface area contributed by atoms with Crippen molar-refractivity contribution in [3.8, 4) is 0 Å². The molecule has 20 heavy (non-hydrogen) atoms. The summed E-state index contributed by atoms with van der Waals surface area (Å²) >= 11 is 0. The zero-order valence-electron chi connectivity index (χ0n) is 10.7. The van der Waals surface area contributed by atoms with Crippen LogP contribution in [0.2, 0.25) is 0 Å². The molecule has 1 unspecified atom stereocenters. The smallest absolute Gasteiger partial charge is 0.471 e. The molecule has 0 bridgehead atoms. The first-order valence-electron chi connectivity index (χ1n) is 5.64. The van der Waals surface area contributed by atoms with Crippen molar-refractivity contribution in [1.82, 2.24) is 20.5 Å². The quantitative estimate of drug-likeness (QED) is 0.758. The monoisotopic (exact) mass is 294 g/mol. The lowest BCUT2D eigenvalue weighted by Crippen LogP contribution is -2.40. The predicted octanol–water partition coefficient (Wildman–Crippen LogP) is 1.27. The molecule has 1 aromatic heterocycles. The number of amides is 1. The molecule has 0 saturated heterocycles. The average molecular weight is 294 g/mol. The minimum absolute atomic E-state index is 0.0492. The maximum absolute atomic E-state index is 12.2. The Morgan fingerprint density at radius 3 is 2.40 bits per heavy atom. The Morgan fingerprint density at radius 1 is 1.40 bits per heavy atom. The fourth-order valence-corrected chi connectivity index (χ4v) is 1.48. The number of carboxylic acids is 1. The van der Waals surface area contributed by atoms with Gasteiger partial charge in [-0.3, -0.25) is 9.89 Å². The molecule has 0 radical (unpaired) electrons. The molecular weight excluding hydrogens is 281 g/mol. The van der Waals surface area contributed by atoms with Crippen LogP contribution in [0.5, 0.6) is 0 Å². The Balaban J connectivity index is 2.93. The van der Waals surface area contributed by atoms with Gasteiger partial charge in [0.05, 0.1) is 6.04 Å². The molecular formula is C10H13F3N4O3. The summed E-state index contributed by atoms with van der Waals surface area (Å²) in [5.74, 6) is -4.29. The van der Waals surface area contributed by atoms with Gasteiger partial charge in [-0.05, 0) is 12.3 Å².